The number of piperidine rings is 2. The number of hydrogen-bond donors (Lipinski definition) is 4. The monoisotopic (exact) mass is 921 g/mol. The average Bonchev–Trinajstić information content (AvgIpc) is 4.23. The van der Waals surface area contributed by atoms with Crippen molar-refractivity contribution in [2.45, 2.75) is 127 Å². The van der Waals surface area contributed by atoms with Gasteiger partial charge in [0.2, 0.25) is 11.8 Å². The van der Waals surface area contributed by atoms with E-state index in [1.807, 2.05) is 43.7 Å². The van der Waals surface area contributed by atoms with Crippen molar-refractivity contribution >= 4 is 35.0 Å². The molecule has 15 nitrogen and oxygen atoms in total. The van der Waals surface area contributed by atoms with E-state index in [1.165, 1.54) is 42.0 Å². The molecule has 4 amide bonds. The fourth-order valence-electron chi connectivity index (χ4n) is 13.3. The van der Waals surface area contributed by atoms with Crippen molar-refractivity contribution < 1.29 is 28.7 Å². The van der Waals surface area contributed by atoms with E-state index >= 15 is 0 Å². The molecule has 5 aromatic rings. The molecule has 2 aliphatic carbocycles. The van der Waals surface area contributed by atoms with Gasteiger partial charge in [-0.3, -0.25) is 14.5 Å². The third-order valence-electron chi connectivity index (χ3n) is 16.6. The Labute approximate surface area is 397 Å². The molecule has 5 fully saturated rings. The first kappa shape index (κ1) is 44.3. The number of fused-ring (bicyclic) bond motifs is 10. The lowest BCUT2D eigenvalue weighted by molar-refractivity contribution is -0.140. The van der Waals surface area contributed by atoms with E-state index in [0.29, 0.717) is 23.9 Å². The number of aromatic amines is 2. The predicted molar refractivity (Wildman–Crippen MR) is 257 cm³/mol. The van der Waals surface area contributed by atoms with E-state index in [1.54, 1.807) is 0 Å². The van der Waals surface area contributed by atoms with E-state index < -0.39 is 24.3 Å². The number of H-pyrrole nitrogens is 2. The Morgan fingerprint density at radius 1 is 0.647 bits per heavy atom. The minimum absolute atomic E-state index is 0.0796. The lowest BCUT2D eigenvalue weighted by Gasteiger charge is -2.37. The number of carbonyl (C=O) groups is 4. The van der Waals surface area contributed by atoms with Crippen molar-refractivity contribution in [1.29, 1.82) is 0 Å². The van der Waals surface area contributed by atoms with E-state index in [2.05, 4.69) is 87.1 Å². The summed E-state index contributed by atoms with van der Waals surface area (Å²) in [5, 5.41) is 5.59. The zero-order chi connectivity index (χ0) is 47.3. The quantitative estimate of drug-likeness (QED) is 0.101. The Morgan fingerprint density at radius 2 is 1.16 bits per heavy atom. The first-order valence-corrected chi connectivity index (χ1v) is 24.7. The second-order valence-electron chi connectivity index (χ2n) is 20.9. The number of imidazole rings is 2. The number of nitrogens with zero attached hydrogens (tertiary/aromatic N) is 5. The van der Waals surface area contributed by atoms with E-state index in [0.717, 1.165) is 90.9 Å². The highest BCUT2D eigenvalue weighted by atomic mass is 16.5. The van der Waals surface area contributed by atoms with Crippen LogP contribution in [-0.2, 0) is 19.1 Å². The van der Waals surface area contributed by atoms with Crippen molar-refractivity contribution in [2.75, 3.05) is 21.3 Å². The molecule has 356 valence electrons. The number of hydrogen-bond acceptors (Lipinski definition) is 9. The van der Waals surface area contributed by atoms with Crippen LogP contribution in [0.15, 0.2) is 60.8 Å². The Kier molecular flexibility index (Phi) is 11.1. The molecule has 68 heavy (non-hydrogen) atoms. The Balaban J connectivity index is 0.864. The largest absolute Gasteiger partial charge is 0.453 e. The first-order chi connectivity index (χ1) is 32.8. The summed E-state index contributed by atoms with van der Waals surface area (Å²) in [6, 6.07) is 19.0. The molecule has 6 heterocycles. The molecule has 2 saturated carbocycles. The van der Waals surface area contributed by atoms with E-state index in [9.17, 15) is 19.2 Å². The molecule has 6 aliphatic rings. The van der Waals surface area contributed by atoms with Crippen LogP contribution in [0.25, 0.3) is 44.5 Å². The molecule has 2 aromatic heterocycles. The molecule has 4 aliphatic heterocycles. The number of aromatic nitrogens is 4. The van der Waals surface area contributed by atoms with Crippen LogP contribution in [0, 0.1) is 23.7 Å². The van der Waals surface area contributed by atoms with Crippen molar-refractivity contribution in [2.24, 2.45) is 23.7 Å². The summed E-state index contributed by atoms with van der Waals surface area (Å²) in [5.74, 6) is 1.84. The minimum atomic E-state index is -0.687. The Hall–Kier alpha value is -6.22. The van der Waals surface area contributed by atoms with Crippen LogP contribution >= 0.6 is 0 Å². The summed E-state index contributed by atoms with van der Waals surface area (Å²) in [4.78, 5) is 76.7. The van der Waals surface area contributed by atoms with E-state index in [4.69, 9.17) is 19.4 Å². The van der Waals surface area contributed by atoms with Crippen LogP contribution in [-0.4, -0.2) is 104 Å². The fourth-order valence-corrected chi connectivity index (χ4v) is 13.3. The standard InChI is InChI=1S/C53H63N9O6/c1-26(2)44(58-52(65)67-6)50(63)61-33-15-12-31(22-33)46(61)48-54-25-39(57-48)29-10-8-28(9-11-29)35-17-18-36(43-41-21-20-40(42(35)43)60(41)5)30-14-19-37-38(24-30)56-49(55-37)47-32-13-16-34(23-32)62(47)51(64)45(27(3)4)59-53(66)68-7/h8-11,14,17-19,24-27,31-34,40-41,44-47H,12-13,15-16,20-23H2,1-7H3,(H,54,57)(H,55,56)(H,58,65)(H,59,66)/t31?,32?,33?,34?,40?,41?,44-,45-,46?,47-/m0/s1. The van der Waals surface area contributed by atoms with Gasteiger partial charge in [-0.05, 0) is 133 Å². The van der Waals surface area contributed by atoms with Crippen LogP contribution in [0.3, 0.4) is 0 Å². The van der Waals surface area contributed by atoms with Crippen LogP contribution in [0.4, 0.5) is 9.59 Å². The summed E-state index contributed by atoms with van der Waals surface area (Å²) in [6.45, 7) is 7.78. The predicted octanol–water partition coefficient (Wildman–Crippen LogP) is 8.97. The molecule has 0 radical (unpaired) electrons. The smallest absolute Gasteiger partial charge is 0.407 e. The lowest BCUT2D eigenvalue weighted by Crippen LogP contribution is -2.54. The summed E-state index contributed by atoms with van der Waals surface area (Å²) in [6.07, 6.45) is 8.78. The fraction of sp³-hybridized carbons (Fsp3) is 0.509. The summed E-state index contributed by atoms with van der Waals surface area (Å²) < 4.78 is 9.75. The maximum absolute atomic E-state index is 14.2. The zero-order valence-electron chi connectivity index (χ0n) is 40.0. The van der Waals surface area contributed by atoms with Gasteiger partial charge in [0.05, 0.1) is 49.2 Å². The van der Waals surface area contributed by atoms with Gasteiger partial charge in [-0.2, -0.15) is 0 Å². The molecule has 7 unspecified atom stereocenters. The van der Waals surface area contributed by atoms with Crippen LogP contribution < -0.4 is 10.6 Å². The number of methoxy groups -OCH3 is 2. The molecule has 0 spiro atoms. The SMILES string of the molecule is COC(=O)N[C@H](C(=O)N1C2CCC(C2)C1c1ncc(-c2ccc(-c3ccc(-c4ccc5nc([C@@H]6C7CCC(C7)N6C(=O)[C@@H](NC(=O)OC)C(C)C)[nH]c5c4)c4c3C3CCC4N3C)cc2)[nH]1)C(C)C. The van der Waals surface area contributed by atoms with Crippen molar-refractivity contribution in [1.82, 2.24) is 45.3 Å². The number of alkyl carbamates (subject to hydrolysis) is 2. The number of carbonyl (C=O) groups excluding carboxylic acids is 4. The number of ether oxygens (including phenoxy) is 2. The second kappa shape index (κ2) is 17.1. The highest BCUT2D eigenvalue weighted by molar-refractivity contribution is 5.89. The highest BCUT2D eigenvalue weighted by Gasteiger charge is 2.53. The van der Waals surface area contributed by atoms with Crippen LogP contribution in [0.5, 0.6) is 0 Å². The Bertz CT molecular complexity index is 2800. The van der Waals surface area contributed by atoms with Crippen molar-refractivity contribution in [3.8, 4) is 33.5 Å². The molecule has 11 rings (SSSR count). The maximum atomic E-state index is 14.2. The third kappa shape index (κ3) is 7.17. The zero-order valence-corrected chi connectivity index (χ0v) is 40.0. The summed E-state index contributed by atoms with van der Waals surface area (Å²) >= 11 is 0. The molecule has 15 heteroatoms. The van der Waals surface area contributed by atoms with Gasteiger partial charge in [-0.1, -0.05) is 70.2 Å². The molecule has 4 N–H and O–H groups in total. The number of rotatable bonds is 11. The Morgan fingerprint density at radius 3 is 1.71 bits per heavy atom. The van der Waals surface area contributed by atoms with Crippen LogP contribution in [0.1, 0.15) is 126 Å². The van der Waals surface area contributed by atoms with Gasteiger partial charge >= 0.3 is 12.2 Å². The van der Waals surface area contributed by atoms with Gasteiger partial charge in [-0.25, -0.2) is 19.6 Å². The normalized spacial score (nSPS) is 26.5. The van der Waals surface area contributed by atoms with Gasteiger partial charge < -0.3 is 39.9 Å². The van der Waals surface area contributed by atoms with Crippen LogP contribution in [0.2, 0.25) is 0 Å². The van der Waals surface area contributed by atoms with Gasteiger partial charge in [0, 0.05) is 24.2 Å². The number of likely N-dealkylation sites (tertiary alicyclic amines) is 2. The summed E-state index contributed by atoms with van der Waals surface area (Å²) in [7, 11) is 4.90. The van der Waals surface area contributed by atoms with Gasteiger partial charge in [0.1, 0.15) is 23.7 Å². The van der Waals surface area contributed by atoms with E-state index in [-0.39, 0.29) is 47.8 Å². The molecule has 6 bridgehead atoms. The first-order valence-electron chi connectivity index (χ1n) is 24.7. The maximum Gasteiger partial charge on any atom is 0.407 e. The third-order valence-corrected chi connectivity index (χ3v) is 16.6. The molecular weight excluding hydrogens is 859 g/mol. The number of amides is 4. The van der Waals surface area contributed by atoms with Gasteiger partial charge in [0.15, 0.2) is 0 Å². The van der Waals surface area contributed by atoms with Crippen molar-refractivity contribution in [3.05, 3.63) is 83.6 Å². The number of benzene rings is 3. The average molecular weight is 922 g/mol. The minimum Gasteiger partial charge on any atom is -0.453 e. The molecule has 10 atom stereocenters. The van der Waals surface area contributed by atoms with Crippen molar-refractivity contribution in [3.63, 3.8) is 0 Å². The number of nitrogens with one attached hydrogen (secondary N) is 4. The molecule has 3 saturated heterocycles. The lowest BCUT2D eigenvalue weighted by atomic mass is 9.81. The van der Waals surface area contributed by atoms with Gasteiger partial charge in [-0.15, -0.1) is 0 Å². The molecular formula is C53H63N9O6. The molecule has 3 aromatic carbocycles. The topological polar surface area (TPSA) is 178 Å². The summed E-state index contributed by atoms with van der Waals surface area (Å²) in [5.41, 5.74) is 11.3. The van der Waals surface area contributed by atoms with Gasteiger partial charge in [0.25, 0.3) is 0 Å². The second-order valence-corrected chi connectivity index (χ2v) is 20.9. The highest BCUT2D eigenvalue weighted by Crippen LogP contribution is 2.58.